The molecule has 3 N–H and O–H groups in total. The fourth-order valence-electron chi connectivity index (χ4n) is 2.43. The molecule has 1 saturated carbocycles. The van der Waals surface area contributed by atoms with Crippen molar-refractivity contribution in [2.45, 2.75) is 45.6 Å². The van der Waals surface area contributed by atoms with Gasteiger partial charge in [0.05, 0.1) is 0 Å². The number of rotatable bonds is 3. The van der Waals surface area contributed by atoms with Crippen LogP contribution in [0.15, 0.2) is 0 Å². The van der Waals surface area contributed by atoms with E-state index in [0.29, 0.717) is 11.2 Å². The molecule has 0 aliphatic heterocycles. The summed E-state index contributed by atoms with van der Waals surface area (Å²) in [5.41, 5.74) is 7.30. The molecule has 19 heavy (non-hydrogen) atoms. The molecule has 0 unspecified atom stereocenters. The van der Waals surface area contributed by atoms with E-state index in [1.54, 1.807) is 0 Å². The predicted molar refractivity (Wildman–Crippen MR) is 75.1 cm³/mol. The summed E-state index contributed by atoms with van der Waals surface area (Å²) in [6.07, 6.45) is 3.53. The maximum absolute atomic E-state index is 11.1. The SMILES string of the molecule is Cc1c(Cl)nnc(NC2CCC(C(N)=O)CC2)c1C. The van der Waals surface area contributed by atoms with Gasteiger partial charge in [0.2, 0.25) is 5.91 Å². The predicted octanol–water partition coefficient (Wildman–Crippen LogP) is 2.20. The molecule has 2 rings (SSSR count). The van der Waals surface area contributed by atoms with Gasteiger partial charge < -0.3 is 11.1 Å². The lowest BCUT2D eigenvalue weighted by Gasteiger charge is -2.28. The average molecular weight is 283 g/mol. The molecule has 1 fully saturated rings. The topological polar surface area (TPSA) is 80.9 Å². The summed E-state index contributed by atoms with van der Waals surface area (Å²) in [5, 5.41) is 11.9. The largest absolute Gasteiger partial charge is 0.369 e. The second-order valence-electron chi connectivity index (χ2n) is 5.18. The zero-order valence-electron chi connectivity index (χ0n) is 11.2. The number of primary amides is 1. The van der Waals surface area contributed by atoms with Crippen LogP contribution in [0.2, 0.25) is 5.15 Å². The van der Waals surface area contributed by atoms with Crippen molar-refractivity contribution in [3.05, 3.63) is 16.3 Å². The Bertz CT molecular complexity index is 484. The lowest BCUT2D eigenvalue weighted by atomic mass is 9.85. The van der Waals surface area contributed by atoms with E-state index < -0.39 is 0 Å². The van der Waals surface area contributed by atoms with Gasteiger partial charge in [-0.05, 0) is 50.7 Å². The van der Waals surface area contributed by atoms with Crippen molar-refractivity contribution < 1.29 is 4.79 Å². The number of halogens is 1. The van der Waals surface area contributed by atoms with Crippen LogP contribution in [0.1, 0.15) is 36.8 Å². The van der Waals surface area contributed by atoms with E-state index in [0.717, 1.165) is 42.6 Å². The zero-order chi connectivity index (χ0) is 14.0. The lowest BCUT2D eigenvalue weighted by Crippen LogP contribution is -2.32. The highest BCUT2D eigenvalue weighted by atomic mass is 35.5. The highest BCUT2D eigenvalue weighted by Crippen LogP contribution is 2.28. The number of anilines is 1. The lowest BCUT2D eigenvalue weighted by molar-refractivity contribution is -0.122. The summed E-state index contributed by atoms with van der Waals surface area (Å²) < 4.78 is 0. The van der Waals surface area contributed by atoms with Crippen LogP contribution < -0.4 is 11.1 Å². The first-order valence-electron chi connectivity index (χ1n) is 6.54. The van der Waals surface area contributed by atoms with Gasteiger partial charge in [0, 0.05) is 12.0 Å². The van der Waals surface area contributed by atoms with Gasteiger partial charge in [-0.15, -0.1) is 10.2 Å². The van der Waals surface area contributed by atoms with Gasteiger partial charge >= 0.3 is 0 Å². The van der Waals surface area contributed by atoms with Gasteiger partial charge in [0.15, 0.2) is 11.0 Å². The number of hydrogen-bond donors (Lipinski definition) is 2. The molecule has 6 heteroatoms. The van der Waals surface area contributed by atoms with Gasteiger partial charge in [-0.2, -0.15) is 0 Å². The first-order chi connectivity index (χ1) is 8.99. The van der Waals surface area contributed by atoms with Gasteiger partial charge in [-0.25, -0.2) is 0 Å². The maximum Gasteiger partial charge on any atom is 0.220 e. The molecule has 0 spiro atoms. The van der Waals surface area contributed by atoms with Crippen molar-refractivity contribution in [3.8, 4) is 0 Å². The Labute approximate surface area is 117 Å². The van der Waals surface area contributed by atoms with Crippen LogP contribution in [0, 0.1) is 19.8 Å². The van der Waals surface area contributed by atoms with Crippen molar-refractivity contribution in [3.63, 3.8) is 0 Å². The molecule has 5 nitrogen and oxygen atoms in total. The quantitative estimate of drug-likeness (QED) is 0.890. The summed E-state index contributed by atoms with van der Waals surface area (Å²) in [7, 11) is 0. The summed E-state index contributed by atoms with van der Waals surface area (Å²) in [6, 6.07) is 0.323. The molecule has 1 amide bonds. The molecular weight excluding hydrogens is 264 g/mol. The van der Waals surface area contributed by atoms with Crippen LogP contribution in [-0.2, 0) is 4.79 Å². The maximum atomic E-state index is 11.1. The fraction of sp³-hybridized carbons (Fsp3) is 0.615. The Hall–Kier alpha value is -1.36. The van der Waals surface area contributed by atoms with Crippen molar-refractivity contribution in [1.82, 2.24) is 10.2 Å². The number of nitrogens with one attached hydrogen (secondary N) is 1. The average Bonchev–Trinajstić information content (AvgIpc) is 2.40. The first-order valence-corrected chi connectivity index (χ1v) is 6.92. The third-order valence-corrected chi connectivity index (χ3v) is 4.29. The number of amides is 1. The Morgan fingerprint density at radius 2 is 1.84 bits per heavy atom. The van der Waals surface area contributed by atoms with Crippen LogP contribution in [0.5, 0.6) is 0 Å². The van der Waals surface area contributed by atoms with Crippen LogP contribution in [0.4, 0.5) is 5.82 Å². The summed E-state index contributed by atoms with van der Waals surface area (Å²) in [4.78, 5) is 11.1. The highest BCUT2D eigenvalue weighted by molar-refractivity contribution is 6.30. The molecule has 0 atom stereocenters. The first kappa shape index (κ1) is 14.1. The van der Waals surface area contributed by atoms with E-state index in [4.69, 9.17) is 17.3 Å². The van der Waals surface area contributed by atoms with Crippen LogP contribution >= 0.6 is 11.6 Å². The Balaban J connectivity index is 2.00. The van der Waals surface area contributed by atoms with Gasteiger partial charge in [-0.3, -0.25) is 4.79 Å². The van der Waals surface area contributed by atoms with Gasteiger partial charge in [0.1, 0.15) is 0 Å². The van der Waals surface area contributed by atoms with Crippen molar-refractivity contribution >= 4 is 23.3 Å². The summed E-state index contributed by atoms with van der Waals surface area (Å²) >= 11 is 5.93. The second kappa shape index (κ2) is 5.74. The molecule has 0 aromatic carbocycles. The summed E-state index contributed by atoms with van der Waals surface area (Å²) in [5.74, 6) is 0.623. The third-order valence-electron chi connectivity index (χ3n) is 3.94. The van der Waals surface area contributed by atoms with Gasteiger partial charge in [0.25, 0.3) is 0 Å². The van der Waals surface area contributed by atoms with Crippen LogP contribution in [-0.4, -0.2) is 22.1 Å². The van der Waals surface area contributed by atoms with Crippen molar-refractivity contribution in [1.29, 1.82) is 0 Å². The molecule has 0 radical (unpaired) electrons. The number of nitrogens with zero attached hydrogens (tertiary/aromatic N) is 2. The molecular formula is C13H19ClN4O. The molecule has 1 heterocycles. The van der Waals surface area contributed by atoms with E-state index in [-0.39, 0.29) is 11.8 Å². The third kappa shape index (κ3) is 3.15. The minimum atomic E-state index is -0.184. The molecule has 1 aliphatic rings. The molecule has 104 valence electrons. The van der Waals surface area contributed by atoms with E-state index in [1.165, 1.54) is 0 Å². The highest BCUT2D eigenvalue weighted by Gasteiger charge is 2.25. The van der Waals surface area contributed by atoms with Gasteiger partial charge in [-0.1, -0.05) is 11.6 Å². The Morgan fingerprint density at radius 1 is 1.21 bits per heavy atom. The molecule has 1 aromatic rings. The molecule has 0 saturated heterocycles. The molecule has 0 bridgehead atoms. The summed E-state index contributed by atoms with van der Waals surface area (Å²) in [6.45, 7) is 3.91. The molecule has 1 aromatic heterocycles. The van der Waals surface area contributed by atoms with Crippen LogP contribution in [0.25, 0.3) is 0 Å². The van der Waals surface area contributed by atoms with Crippen molar-refractivity contribution in [2.24, 2.45) is 11.7 Å². The number of hydrogen-bond acceptors (Lipinski definition) is 4. The zero-order valence-corrected chi connectivity index (χ0v) is 12.0. The normalized spacial score (nSPS) is 23.1. The number of carbonyl (C=O) groups is 1. The standard InChI is InChI=1S/C13H19ClN4O/c1-7-8(2)13(18-17-11(7)14)16-10-5-3-9(4-6-10)12(15)19/h9-10H,3-6H2,1-2H3,(H2,15,19)(H,16,18). The van der Waals surface area contributed by atoms with E-state index in [1.807, 2.05) is 13.8 Å². The second-order valence-corrected chi connectivity index (χ2v) is 5.54. The van der Waals surface area contributed by atoms with E-state index >= 15 is 0 Å². The minimum Gasteiger partial charge on any atom is -0.369 e. The Kier molecular flexibility index (Phi) is 4.24. The van der Waals surface area contributed by atoms with E-state index in [2.05, 4.69) is 15.5 Å². The molecule has 1 aliphatic carbocycles. The Morgan fingerprint density at radius 3 is 2.42 bits per heavy atom. The monoisotopic (exact) mass is 282 g/mol. The number of aromatic nitrogens is 2. The number of carbonyl (C=O) groups excluding carboxylic acids is 1. The smallest absolute Gasteiger partial charge is 0.220 e. The number of nitrogens with two attached hydrogens (primary N) is 1. The van der Waals surface area contributed by atoms with E-state index in [9.17, 15) is 4.79 Å². The fourth-order valence-corrected chi connectivity index (χ4v) is 2.61. The van der Waals surface area contributed by atoms with Crippen molar-refractivity contribution in [2.75, 3.05) is 5.32 Å². The van der Waals surface area contributed by atoms with Crippen LogP contribution in [0.3, 0.4) is 0 Å². The minimum absolute atomic E-state index is 0.0252.